The maximum atomic E-state index is 10.9. The Bertz CT molecular complexity index is 550. The lowest BCUT2D eigenvalue weighted by Crippen LogP contribution is -2.33. The molecule has 2 heteroatoms. The smallest absolute Gasteiger partial charge is 0.140 e. The summed E-state index contributed by atoms with van der Waals surface area (Å²) in [5.74, 6) is 1.15. The third-order valence-electron chi connectivity index (χ3n) is 3.39. The molecule has 0 unspecified atom stereocenters. The van der Waals surface area contributed by atoms with Crippen LogP contribution in [0.25, 0.3) is 0 Å². The zero-order valence-corrected chi connectivity index (χ0v) is 10.7. The Labute approximate surface area is 113 Å². The summed E-state index contributed by atoms with van der Waals surface area (Å²) in [6.45, 7) is 0. The van der Waals surface area contributed by atoms with Crippen molar-refractivity contribution in [1.82, 2.24) is 0 Å². The predicted octanol–water partition coefficient (Wildman–Crippen LogP) is 3.39. The number of Topliss-reactive ketones (excluding diaryl/α,β-unsaturated/α-hetero) is 1. The van der Waals surface area contributed by atoms with Crippen molar-refractivity contribution in [1.29, 1.82) is 0 Å². The van der Waals surface area contributed by atoms with Gasteiger partial charge in [0.1, 0.15) is 17.6 Å². The maximum absolute atomic E-state index is 10.9. The normalized spacial score (nSPS) is 15.1. The quantitative estimate of drug-likeness (QED) is 0.833. The van der Waals surface area contributed by atoms with Gasteiger partial charge in [-0.25, -0.2) is 0 Å². The van der Waals surface area contributed by atoms with Gasteiger partial charge in [0.15, 0.2) is 0 Å². The molecular weight excluding hydrogens is 236 g/mol. The van der Waals surface area contributed by atoms with Gasteiger partial charge in [-0.1, -0.05) is 42.5 Å². The predicted molar refractivity (Wildman–Crippen MR) is 74.3 cm³/mol. The fourth-order valence-corrected chi connectivity index (χ4v) is 2.24. The van der Waals surface area contributed by atoms with Gasteiger partial charge in [-0.2, -0.15) is 0 Å². The van der Waals surface area contributed by atoms with Crippen LogP contribution in [0.15, 0.2) is 54.6 Å². The second-order valence-electron chi connectivity index (χ2n) is 4.99. The molecule has 1 saturated carbocycles. The molecule has 96 valence electrons. The van der Waals surface area contributed by atoms with Crippen molar-refractivity contribution in [2.75, 3.05) is 0 Å². The van der Waals surface area contributed by atoms with Gasteiger partial charge < -0.3 is 4.74 Å². The zero-order chi connectivity index (χ0) is 13.1. The van der Waals surface area contributed by atoms with Crippen LogP contribution in [0.5, 0.6) is 5.75 Å². The Hall–Kier alpha value is -2.09. The number of benzene rings is 2. The van der Waals surface area contributed by atoms with E-state index < -0.39 is 0 Å². The number of carbonyl (C=O) groups is 1. The SMILES string of the molecule is O=C1CC(Oc2ccc(Cc3ccccc3)cc2)C1. The minimum atomic E-state index is 0.0903. The fraction of sp³-hybridized carbons (Fsp3) is 0.235. The van der Waals surface area contributed by atoms with Crippen LogP contribution in [0.4, 0.5) is 0 Å². The van der Waals surface area contributed by atoms with E-state index in [2.05, 4.69) is 36.4 Å². The first-order chi connectivity index (χ1) is 9.29. The van der Waals surface area contributed by atoms with E-state index in [1.165, 1.54) is 11.1 Å². The molecule has 0 heterocycles. The minimum absolute atomic E-state index is 0.0903. The first-order valence-corrected chi connectivity index (χ1v) is 6.61. The monoisotopic (exact) mass is 252 g/mol. The molecule has 0 bridgehead atoms. The molecule has 3 rings (SSSR count). The third-order valence-corrected chi connectivity index (χ3v) is 3.39. The van der Waals surface area contributed by atoms with Gasteiger partial charge in [-0.15, -0.1) is 0 Å². The Morgan fingerprint density at radius 3 is 2.16 bits per heavy atom. The number of hydrogen-bond donors (Lipinski definition) is 0. The number of ketones is 1. The Kier molecular flexibility index (Phi) is 3.32. The molecule has 0 aliphatic heterocycles. The number of carbonyl (C=O) groups excluding carboxylic acids is 1. The van der Waals surface area contributed by atoms with E-state index in [-0.39, 0.29) is 6.10 Å². The summed E-state index contributed by atoms with van der Waals surface area (Å²) >= 11 is 0. The van der Waals surface area contributed by atoms with Crippen LogP contribution in [0.1, 0.15) is 24.0 Å². The topological polar surface area (TPSA) is 26.3 Å². The fourth-order valence-electron chi connectivity index (χ4n) is 2.24. The molecule has 2 aromatic rings. The van der Waals surface area contributed by atoms with E-state index >= 15 is 0 Å². The molecule has 1 aliphatic carbocycles. The van der Waals surface area contributed by atoms with Gasteiger partial charge in [0.2, 0.25) is 0 Å². The molecule has 0 spiro atoms. The highest BCUT2D eigenvalue weighted by Gasteiger charge is 2.28. The van der Waals surface area contributed by atoms with E-state index in [9.17, 15) is 4.79 Å². The molecule has 19 heavy (non-hydrogen) atoms. The summed E-state index contributed by atoms with van der Waals surface area (Å²) in [4.78, 5) is 10.9. The van der Waals surface area contributed by atoms with Crippen LogP contribution < -0.4 is 4.74 Å². The standard InChI is InChI=1S/C17H16O2/c18-15-11-17(12-15)19-16-8-6-14(7-9-16)10-13-4-2-1-3-5-13/h1-9,17H,10-12H2. The average molecular weight is 252 g/mol. The van der Waals surface area contributed by atoms with E-state index in [0.29, 0.717) is 18.6 Å². The van der Waals surface area contributed by atoms with Crippen molar-refractivity contribution in [2.45, 2.75) is 25.4 Å². The summed E-state index contributed by atoms with van der Waals surface area (Å²) in [6, 6.07) is 18.5. The highest BCUT2D eigenvalue weighted by atomic mass is 16.5. The van der Waals surface area contributed by atoms with Crippen molar-refractivity contribution in [3.8, 4) is 5.75 Å². The summed E-state index contributed by atoms with van der Waals surface area (Å²) in [5, 5.41) is 0. The van der Waals surface area contributed by atoms with Crippen molar-refractivity contribution in [2.24, 2.45) is 0 Å². The van der Waals surface area contributed by atoms with Crippen LogP contribution in [0.3, 0.4) is 0 Å². The van der Waals surface area contributed by atoms with E-state index in [1.54, 1.807) is 0 Å². The minimum Gasteiger partial charge on any atom is -0.490 e. The van der Waals surface area contributed by atoms with E-state index in [1.807, 2.05) is 18.2 Å². The van der Waals surface area contributed by atoms with E-state index in [4.69, 9.17) is 4.74 Å². The average Bonchev–Trinajstić information content (AvgIpc) is 2.40. The molecule has 2 aromatic carbocycles. The molecule has 1 aliphatic rings. The molecule has 0 radical (unpaired) electrons. The molecule has 2 nitrogen and oxygen atoms in total. The van der Waals surface area contributed by atoms with Gasteiger partial charge >= 0.3 is 0 Å². The van der Waals surface area contributed by atoms with Crippen molar-refractivity contribution in [3.05, 3.63) is 65.7 Å². The first kappa shape index (κ1) is 12.0. The Balaban J connectivity index is 1.61. The first-order valence-electron chi connectivity index (χ1n) is 6.61. The van der Waals surface area contributed by atoms with Crippen LogP contribution in [0, 0.1) is 0 Å². The molecule has 0 atom stereocenters. The highest BCUT2D eigenvalue weighted by Crippen LogP contribution is 2.23. The van der Waals surface area contributed by atoms with Crippen LogP contribution in [-0.4, -0.2) is 11.9 Å². The van der Waals surface area contributed by atoms with Crippen molar-refractivity contribution >= 4 is 5.78 Å². The van der Waals surface area contributed by atoms with Gasteiger partial charge in [-0.3, -0.25) is 4.79 Å². The lowest BCUT2D eigenvalue weighted by Gasteiger charge is -2.25. The lowest BCUT2D eigenvalue weighted by atomic mass is 9.94. The number of ether oxygens (including phenoxy) is 1. The summed E-state index contributed by atoms with van der Waals surface area (Å²) in [7, 11) is 0. The molecule has 0 N–H and O–H groups in total. The van der Waals surface area contributed by atoms with Crippen molar-refractivity contribution in [3.63, 3.8) is 0 Å². The van der Waals surface area contributed by atoms with Gasteiger partial charge in [-0.05, 0) is 29.7 Å². The second kappa shape index (κ2) is 5.27. The third kappa shape index (κ3) is 3.02. The van der Waals surface area contributed by atoms with Crippen LogP contribution >= 0.6 is 0 Å². The summed E-state index contributed by atoms with van der Waals surface area (Å²) in [5.41, 5.74) is 2.57. The molecule has 1 fully saturated rings. The number of hydrogen-bond acceptors (Lipinski definition) is 2. The van der Waals surface area contributed by atoms with Gasteiger partial charge in [0.05, 0.1) is 0 Å². The van der Waals surface area contributed by atoms with Crippen LogP contribution in [-0.2, 0) is 11.2 Å². The number of rotatable bonds is 4. The Morgan fingerprint density at radius 2 is 1.53 bits per heavy atom. The molecular formula is C17H16O2. The van der Waals surface area contributed by atoms with Gasteiger partial charge in [0.25, 0.3) is 0 Å². The maximum Gasteiger partial charge on any atom is 0.140 e. The second-order valence-corrected chi connectivity index (χ2v) is 4.99. The largest absolute Gasteiger partial charge is 0.490 e. The summed E-state index contributed by atoms with van der Waals surface area (Å²) in [6.07, 6.45) is 2.15. The molecule has 0 aromatic heterocycles. The van der Waals surface area contributed by atoms with Crippen LogP contribution in [0.2, 0.25) is 0 Å². The van der Waals surface area contributed by atoms with Gasteiger partial charge in [0, 0.05) is 12.8 Å². The Morgan fingerprint density at radius 1 is 0.895 bits per heavy atom. The lowest BCUT2D eigenvalue weighted by molar-refractivity contribution is -0.129. The highest BCUT2D eigenvalue weighted by molar-refractivity contribution is 5.85. The summed E-state index contributed by atoms with van der Waals surface area (Å²) < 4.78 is 5.71. The molecule has 0 amide bonds. The van der Waals surface area contributed by atoms with E-state index in [0.717, 1.165) is 12.2 Å². The molecule has 0 saturated heterocycles. The zero-order valence-electron chi connectivity index (χ0n) is 10.7. The van der Waals surface area contributed by atoms with Crippen molar-refractivity contribution < 1.29 is 9.53 Å².